The smallest absolute Gasteiger partial charge is 0.0683 e. The molecule has 3 heteroatoms. The summed E-state index contributed by atoms with van der Waals surface area (Å²) >= 11 is 0. The molecule has 0 amide bonds. The highest BCUT2D eigenvalue weighted by Crippen LogP contribution is 2.25. The van der Waals surface area contributed by atoms with E-state index in [0.717, 1.165) is 31.8 Å². The second-order valence-corrected chi connectivity index (χ2v) is 6.06. The van der Waals surface area contributed by atoms with Crippen LogP contribution in [0, 0.1) is 22.7 Å². The molecular weight excluding hydrogens is 210 g/mol. The Morgan fingerprint density at radius 2 is 2.18 bits per heavy atom. The monoisotopic (exact) mass is 237 g/mol. The maximum atomic E-state index is 8.99. The summed E-state index contributed by atoms with van der Waals surface area (Å²) in [5.41, 5.74) is 5.69. The molecule has 0 spiro atoms. The Morgan fingerprint density at radius 3 is 2.76 bits per heavy atom. The van der Waals surface area contributed by atoms with Crippen LogP contribution in [0.1, 0.15) is 46.5 Å². The van der Waals surface area contributed by atoms with Crippen molar-refractivity contribution < 1.29 is 0 Å². The van der Waals surface area contributed by atoms with E-state index in [2.05, 4.69) is 17.9 Å². The maximum absolute atomic E-state index is 8.99. The van der Waals surface area contributed by atoms with Crippen molar-refractivity contribution in [1.82, 2.24) is 4.90 Å². The average Bonchev–Trinajstić information content (AvgIpc) is 2.29. The van der Waals surface area contributed by atoms with Crippen molar-refractivity contribution in [2.45, 2.75) is 52.5 Å². The summed E-state index contributed by atoms with van der Waals surface area (Å²) in [6, 6.07) is 2.92. The Kier molecular flexibility index (Phi) is 5.42. The van der Waals surface area contributed by atoms with Crippen LogP contribution in [0.25, 0.3) is 0 Å². The van der Waals surface area contributed by atoms with Gasteiger partial charge in [0.25, 0.3) is 0 Å². The van der Waals surface area contributed by atoms with Gasteiger partial charge in [-0.1, -0.05) is 6.92 Å². The molecule has 0 saturated carbocycles. The minimum atomic E-state index is -0.181. The van der Waals surface area contributed by atoms with E-state index in [9.17, 15) is 0 Å². The summed E-state index contributed by atoms with van der Waals surface area (Å²) in [5.74, 6) is 0.720. The normalized spacial score (nSPS) is 26.8. The summed E-state index contributed by atoms with van der Waals surface area (Å²) < 4.78 is 0. The molecule has 0 radical (unpaired) electrons. The standard InChI is InChI=1S/C14H27N3/c1-12-6-4-8-17(13(12)10-15)9-5-7-14(2,3)11-16/h12-13H,4-10,15H2,1-3H3. The Balaban J connectivity index is 2.37. The van der Waals surface area contributed by atoms with E-state index in [-0.39, 0.29) is 5.41 Å². The number of hydrogen-bond acceptors (Lipinski definition) is 3. The molecule has 3 nitrogen and oxygen atoms in total. The zero-order valence-corrected chi connectivity index (χ0v) is 11.6. The molecule has 2 N–H and O–H groups in total. The Labute approximate surface area is 106 Å². The van der Waals surface area contributed by atoms with Crippen LogP contribution in [0.15, 0.2) is 0 Å². The minimum Gasteiger partial charge on any atom is -0.329 e. The molecule has 0 aromatic carbocycles. The van der Waals surface area contributed by atoms with Crippen molar-refractivity contribution in [1.29, 1.82) is 5.26 Å². The molecule has 1 saturated heterocycles. The van der Waals surface area contributed by atoms with Crippen LogP contribution in [0.3, 0.4) is 0 Å². The number of rotatable bonds is 5. The number of nitriles is 1. The summed E-state index contributed by atoms with van der Waals surface area (Å²) in [7, 11) is 0. The lowest BCUT2D eigenvalue weighted by molar-refractivity contribution is 0.102. The zero-order chi connectivity index (χ0) is 12.9. The molecule has 0 aromatic rings. The van der Waals surface area contributed by atoms with E-state index in [0.29, 0.717) is 6.04 Å². The van der Waals surface area contributed by atoms with Crippen molar-refractivity contribution in [2.24, 2.45) is 17.1 Å². The third-order valence-electron chi connectivity index (χ3n) is 4.02. The van der Waals surface area contributed by atoms with Gasteiger partial charge in [-0.25, -0.2) is 0 Å². The van der Waals surface area contributed by atoms with Crippen molar-refractivity contribution >= 4 is 0 Å². The number of piperidine rings is 1. The Hall–Kier alpha value is -0.590. The van der Waals surface area contributed by atoms with Crippen LogP contribution in [0.5, 0.6) is 0 Å². The quantitative estimate of drug-likeness (QED) is 0.798. The van der Waals surface area contributed by atoms with E-state index in [1.165, 1.54) is 19.4 Å². The fraction of sp³-hybridized carbons (Fsp3) is 0.929. The SMILES string of the molecule is CC1CCCN(CCCC(C)(C)C#N)C1CN. The number of likely N-dealkylation sites (tertiary alicyclic amines) is 1. The summed E-state index contributed by atoms with van der Waals surface area (Å²) in [4.78, 5) is 2.53. The number of nitrogens with two attached hydrogens (primary N) is 1. The van der Waals surface area contributed by atoms with E-state index in [1.54, 1.807) is 0 Å². The van der Waals surface area contributed by atoms with Gasteiger partial charge in [0.15, 0.2) is 0 Å². The van der Waals surface area contributed by atoms with Crippen LogP contribution in [0.2, 0.25) is 0 Å². The first-order valence-electron chi connectivity index (χ1n) is 6.85. The molecule has 98 valence electrons. The summed E-state index contributed by atoms with van der Waals surface area (Å²) in [6.07, 6.45) is 4.68. The number of nitrogens with zero attached hydrogens (tertiary/aromatic N) is 2. The highest BCUT2D eigenvalue weighted by molar-refractivity contribution is 4.92. The largest absolute Gasteiger partial charge is 0.329 e. The molecule has 1 fully saturated rings. The van der Waals surface area contributed by atoms with Gasteiger partial charge in [-0.2, -0.15) is 5.26 Å². The van der Waals surface area contributed by atoms with Gasteiger partial charge in [0.2, 0.25) is 0 Å². The lowest BCUT2D eigenvalue weighted by Crippen LogP contribution is -2.48. The van der Waals surface area contributed by atoms with Crippen LogP contribution >= 0.6 is 0 Å². The maximum Gasteiger partial charge on any atom is 0.0683 e. The Morgan fingerprint density at radius 1 is 1.47 bits per heavy atom. The van der Waals surface area contributed by atoms with E-state index < -0.39 is 0 Å². The molecule has 1 aliphatic heterocycles. The van der Waals surface area contributed by atoms with Gasteiger partial charge in [0.1, 0.15) is 0 Å². The minimum absolute atomic E-state index is 0.181. The first kappa shape index (κ1) is 14.5. The second kappa shape index (κ2) is 6.37. The molecule has 0 bridgehead atoms. The number of hydrogen-bond donors (Lipinski definition) is 1. The van der Waals surface area contributed by atoms with Crippen molar-refractivity contribution in [3.8, 4) is 6.07 Å². The van der Waals surface area contributed by atoms with Gasteiger partial charge in [-0.3, -0.25) is 4.90 Å². The van der Waals surface area contributed by atoms with Crippen LogP contribution < -0.4 is 5.73 Å². The predicted molar refractivity (Wildman–Crippen MR) is 71.4 cm³/mol. The molecule has 0 aliphatic carbocycles. The third kappa shape index (κ3) is 4.29. The Bertz CT molecular complexity index is 267. The molecule has 2 unspecified atom stereocenters. The predicted octanol–water partition coefficient (Wildman–Crippen LogP) is 2.38. The molecule has 1 aliphatic rings. The molecular formula is C14H27N3. The topological polar surface area (TPSA) is 53.0 Å². The summed E-state index contributed by atoms with van der Waals surface area (Å²) in [5, 5.41) is 8.99. The lowest BCUT2D eigenvalue weighted by atomic mass is 9.88. The third-order valence-corrected chi connectivity index (χ3v) is 4.02. The molecule has 0 aromatic heterocycles. The van der Waals surface area contributed by atoms with Gasteiger partial charge < -0.3 is 5.73 Å². The van der Waals surface area contributed by atoms with Gasteiger partial charge in [0.05, 0.1) is 11.5 Å². The fourth-order valence-corrected chi connectivity index (χ4v) is 2.77. The van der Waals surface area contributed by atoms with Gasteiger partial charge in [-0.15, -0.1) is 0 Å². The lowest BCUT2D eigenvalue weighted by Gasteiger charge is -2.39. The highest BCUT2D eigenvalue weighted by Gasteiger charge is 2.27. The van der Waals surface area contributed by atoms with E-state index in [1.807, 2.05) is 13.8 Å². The van der Waals surface area contributed by atoms with E-state index >= 15 is 0 Å². The average molecular weight is 237 g/mol. The van der Waals surface area contributed by atoms with Crippen molar-refractivity contribution in [3.05, 3.63) is 0 Å². The van der Waals surface area contributed by atoms with Crippen LogP contribution in [-0.2, 0) is 0 Å². The van der Waals surface area contributed by atoms with E-state index in [4.69, 9.17) is 11.0 Å². The van der Waals surface area contributed by atoms with Crippen molar-refractivity contribution in [2.75, 3.05) is 19.6 Å². The van der Waals surface area contributed by atoms with Gasteiger partial charge in [-0.05, 0) is 58.5 Å². The molecule has 1 heterocycles. The first-order valence-corrected chi connectivity index (χ1v) is 6.85. The van der Waals surface area contributed by atoms with Crippen LogP contribution in [0.4, 0.5) is 0 Å². The van der Waals surface area contributed by atoms with Gasteiger partial charge >= 0.3 is 0 Å². The van der Waals surface area contributed by atoms with Crippen LogP contribution in [-0.4, -0.2) is 30.6 Å². The zero-order valence-electron chi connectivity index (χ0n) is 11.6. The molecule has 17 heavy (non-hydrogen) atoms. The highest BCUT2D eigenvalue weighted by atomic mass is 15.2. The summed E-state index contributed by atoms with van der Waals surface area (Å²) in [6.45, 7) is 9.39. The molecule has 1 rings (SSSR count). The fourth-order valence-electron chi connectivity index (χ4n) is 2.77. The van der Waals surface area contributed by atoms with Gasteiger partial charge in [0, 0.05) is 12.6 Å². The first-order chi connectivity index (χ1) is 8.00. The van der Waals surface area contributed by atoms with Crippen molar-refractivity contribution in [3.63, 3.8) is 0 Å². The second-order valence-electron chi connectivity index (χ2n) is 6.06. The molecule has 2 atom stereocenters.